The lowest BCUT2D eigenvalue weighted by molar-refractivity contribution is -0.119. The van der Waals surface area contributed by atoms with Gasteiger partial charge in [-0.15, -0.1) is 10.2 Å². The highest BCUT2D eigenvalue weighted by Crippen LogP contribution is 2.23. The first-order valence-electron chi connectivity index (χ1n) is 9.16. The molecule has 0 spiro atoms. The number of hydrogen-bond donors (Lipinski definition) is 1. The smallest absolute Gasteiger partial charge is 0.230 e. The Hall–Kier alpha value is -2.02. The topological polar surface area (TPSA) is 69.0 Å². The molecule has 1 aliphatic rings. The lowest BCUT2D eigenvalue weighted by atomic mass is 9.95. The molecule has 2 aromatic rings. The average Bonchev–Trinajstić information content (AvgIpc) is 3.02. The maximum Gasteiger partial charge on any atom is 0.230 e. The second-order valence-electron chi connectivity index (χ2n) is 6.66. The van der Waals surface area contributed by atoms with Gasteiger partial charge in [0.25, 0.3) is 0 Å². The predicted molar refractivity (Wildman–Crippen MR) is 102 cm³/mol. The minimum atomic E-state index is -0.222. The van der Waals surface area contributed by atoms with Gasteiger partial charge in [-0.1, -0.05) is 49.2 Å². The Bertz CT molecular complexity index is 714. The minimum absolute atomic E-state index is 0.0695. The van der Waals surface area contributed by atoms with Crippen molar-refractivity contribution >= 4 is 17.7 Å². The average molecular weight is 375 g/mol. The molecule has 1 aromatic heterocycles. The van der Waals surface area contributed by atoms with Gasteiger partial charge < -0.3 is 14.6 Å². The van der Waals surface area contributed by atoms with Gasteiger partial charge in [0.1, 0.15) is 5.75 Å². The van der Waals surface area contributed by atoms with Crippen molar-refractivity contribution < 1.29 is 9.53 Å². The normalized spacial score (nSPS) is 16.2. The summed E-state index contributed by atoms with van der Waals surface area (Å²) >= 11 is 1.41. The lowest BCUT2D eigenvalue weighted by Gasteiger charge is -2.22. The maximum absolute atomic E-state index is 12.2. The Kier molecular flexibility index (Phi) is 6.55. The molecule has 1 N–H and O–H groups in total. The second-order valence-corrected chi connectivity index (χ2v) is 7.61. The van der Waals surface area contributed by atoms with Crippen LogP contribution in [0.4, 0.5) is 0 Å². The highest BCUT2D eigenvalue weighted by atomic mass is 32.2. The lowest BCUT2D eigenvalue weighted by Crippen LogP contribution is -2.37. The number of benzene rings is 1. The van der Waals surface area contributed by atoms with Crippen molar-refractivity contribution in [1.29, 1.82) is 0 Å². The van der Waals surface area contributed by atoms with Gasteiger partial charge in [-0.2, -0.15) is 0 Å². The molecule has 0 bridgehead atoms. The number of para-hydroxylation sites is 1. The molecule has 0 radical (unpaired) electrons. The van der Waals surface area contributed by atoms with Crippen LogP contribution in [0.25, 0.3) is 0 Å². The zero-order chi connectivity index (χ0) is 18.4. The number of carbonyl (C=O) groups is 1. The van der Waals surface area contributed by atoms with E-state index in [-0.39, 0.29) is 12.0 Å². The summed E-state index contributed by atoms with van der Waals surface area (Å²) in [6.45, 7) is 1.95. The van der Waals surface area contributed by atoms with E-state index < -0.39 is 0 Å². The van der Waals surface area contributed by atoms with Crippen LogP contribution in [0.15, 0.2) is 35.5 Å². The fraction of sp³-hybridized carbons (Fsp3) is 0.526. The van der Waals surface area contributed by atoms with E-state index in [4.69, 9.17) is 4.74 Å². The second kappa shape index (κ2) is 9.07. The maximum atomic E-state index is 12.2. The van der Waals surface area contributed by atoms with Crippen LogP contribution in [0.2, 0.25) is 0 Å². The molecule has 7 heteroatoms. The molecule has 3 rings (SSSR count). The van der Waals surface area contributed by atoms with E-state index in [1.165, 1.54) is 31.0 Å². The van der Waals surface area contributed by atoms with Crippen LogP contribution >= 0.6 is 11.8 Å². The molecular formula is C19H26N4O2S. The van der Waals surface area contributed by atoms with E-state index in [2.05, 4.69) is 15.5 Å². The summed E-state index contributed by atoms with van der Waals surface area (Å²) < 4.78 is 7.80. The van der Waals surface area contributed by atoms with Crippen molar-refractivity contribution in [1.82, 2.24) is 20.1 Å². The van der Waals surface area contributed by atoms with Gasteiger partial charge in [-0.25, -0.2) is 0 Å². The summed E-state index contributed by atoms with van der Waals surface area (Å²) in [5.41, 5.74) is 0. The molecule has 1 unspecified atom stereocenters. The largest absolute Gasteiger partial charge is 0.483 e. The van der Waals surface area contributed by atoms with E-state index in [0.29, 0.717) is 11.8 Å². The summed E-state index contributed by atoms with van der Waals surface area (Å²) in [6.07, 6.45) is 5.68. The molecule has 1 saturated carbocycles. The number of nitrogens with one attached hydrogen (secondary N) is 1. The third-order valence-corrected chi connectivity index (χ3v) is 5.61. The molecule has 26 heavy (non-hydrogen) atoms. The molecule has 1 heterocycles. The third-order valence-electron chi connectivity index (χ3n) is 4.59. The van der Waals surface area contributed by atoms with Crippen LogP contribution in [0, 0.1) is 0 Å². The van der Waals surface area contributed by atoms with Crippen LogP contribution in [-0.2, 0) is 11.8 Å². The summed E-state index contributed by atoms with van der Waals surface area (Å²) in [5, 5.41) is 12.3. The first kappa shape index (κ1) is 18.8. The van der Waals surface area contributed by atoms with E-state index in [9.17, 15) is 4.79 Å². The Morgan fingerprint density at radius 2 is 2.00 bits per heavy atom. The monoisotopic (exact) mass is 374 g/mol. The van der Waals surface area contributed by atoms with Gasteiger partial charge in [0, 0.05) is 13.1 Å². The van der Waals surface area contributed by atoms with Gasteiger partial charge in [0.2, 0.25) is 5.91 Å². The first-order valence-corrected chi connectivity index (χ1v) is 10.1. The third kappa shape index (κ3) is 5.00. The van der Waals surface area contributed by atoms with Crippen LogP contribution in [0.5, 0.6) is 5.75 Å². The number of hydrogen-bond acceptors (Lipinski definition) is 5. The number of aromatic nitrogens is 3. The Balaban J connectivity index is 1.52. The minimum Gasteiger partial charge on any atom is -0.483 e. The van der Waals surface area contributed by atoms with Gasteiger partial charge in [-0.3, -0.25) is 4.79 Å². The molecule has 1 atom stereocenters. The quantitative estimate of drug-likeness (QED) is 0.751. The number of rotatable bonds is 7. The van der Waals surface area contributed by atoms with E-state index in [1.54, 1.807) is 0 Å². The number of thioether (sulfide) groups is 1. The molecule has 0 saturated heterocycles. The van der Waals surface area contributed by atoms with Crippen molar-refractivity contribution in [2.75, 3.05) is 5.75 Å². The van der Waals surface area contributed by atoms with Gasteiger partial charge in [0.15, 0.2) is 17.1 Å². The van der Waals surface area contributed by atoms with E-state index in [0.717, 1.165) is 29.6 Å². The van der Waals surface area contributed by atoms with E-state index in [1.807, 2.05) is 48.9 Å². The zero-order valence-corrected chi connectivity index (χ0v) is 16.2. The summed E-state index contributed by atoms with van der Waals surface area (Å²) in [6, 6.07) is 9.99. The fourth-order valence-electron chi connectivity index (χ4n) is 3.21. The molecule has 1 aliphatic carbocycles. The number of nitrogens with zero attached hydrogens (tertiary/aromatic N) is 3. The van der Waals surface area contributed by atoms with Gasteiger partial charge >= 0.3 is 0 Å². The van der Waals surface area contributed by atoms with Crippen LogP contribution in [0.1, 0.15) is 51.0 Å². The zero-order valence-electron chi connectivity index (χ0n) is 15.4. The van der Waals surface area contributed by atoms with Gasteiger partial charge in [-0.05, 0) is 31.9 Å². The Morgan fingerprint density at radius 1 is 1.27 bits per heavy atom. The fourth-order valence-corrected chi connectivity index (χ4v) is 3.94. The molecular weight excluding hydrogens is 348 g/mol. The van der Waals surface area contributed by atoms with Crippen molar-refractivity contribution in [3.8, 4) is 5.75 Å². The standard InChI is InChI=1S/C19H26N4O2S/c1-14(25-16-11-7-4-8-12-16)18-21-22-19(23(18)2)26-13-17(24)20-15-9-5-3-6-10-15/h4,7-8,11-12,14-15H,3,5-6,9-10,13H2,1-2H3,(H,20,24). The van der Waals surface area contributed by atoms with Crippen molar-refractivity contribution in [3.63, 3.8) is 0 Å². The molecule has 1 fully saturated rings. The highest BCUT2D eigenvalue weighted by Gasteiger charge is 2.19. The SMILES string of the molecule is CC(Oc1ccccc1)c1nnc(SCC(=O)NC2CCCCC2)n1C. The summed E-state index contributed by atoms with van der Waals surface area (Å²) in [5.74, 6) is 1.96. The number of amides is 1. The molecule has 6 nitrogen and oxygen atoms in total. The first-order chi connectivity index (χ1) is 12.6. The van der Waals surface area contributed by atoms with Crippen LogP contribution in [-0.4, -0.2) is 32.5 Å². The van der Waals surface area contributed by atoms with Crippen molar-refractivity contribution in [3.05, 3.63) is 36.2 Å². The predicted octanol–water partition coefficient (Wildman–Crippen LogP) is 3.50. The van der Waals surface area contributed by atoms with Crippen molar-refractivity contribution in [2.24, 2.45) is 7.05 Å². The Morgan fingerprint density at radius 3 is 2.73 bits per heavy atom. The Labute approximate surface area is 158 Å². The highest BCUT2D eigenvalue weighted by molar-refractivity contribution is 7.99. The molecule has 0 aliphatic heterocycles. The van der Waals surface area contributed by atoms with Gasteiger partial charge in [0.05, 0.1) is 5.75 Å². The molecule has 1 aromatic carbocycles. The van der Waals surface area contributed by atoms with Crippen LogP contribution < -0.4 is 10.1 Å². The van der Waals surface area contributed by atoms with E-state index >= 15 is 0 Å². The molecule has 1 amide bonds. The number of ether oxygens (including phenoxy) is 1. The summed E-state index contributed by atoms with van der Waals surface area (Å²) in [7, 11) is 1.90. The van der Waals surface area contributed by atoms with Crippen molar-refractivity contribution in [2.45, 2.75) is 56.3 Å². The number of carbonyl (C=O) groups excluding carboxylic acids is 1. The molecule has 140 valence electrons. The summed E-state index contributed by atoms with van der Waals surface area (Å²) in [4.78, 5) is 12.2. The van der Waals surface area contributed by atoms with Crippen LogP contribution in [0.3, 0.4) is 0 Å².